The van der Waals surface area contributed by atoms with Gasteiger partial charge in [-0.15, -0.1) is 0 Å². The molecule has 0 aliphatic rings. The molecule has 0 spiro atoms. The Morgan fingerprint density at radius 1 is 1.16 bits per heavy atom. The van der Waals surface area contributed by atoms with Crippen LogP contribution in [0.1, 0.15) is 46.5 Å². The smallest absolute Gasteiger partial charge is 0.237 e. The van der Waals surface area contributed by atoms with Crippen LogP contribution in [-0.4, -0.2) is 44.4 Å². The molecule has 0 aromatic heterocycles. The van der Waals surface area contributed by atoms with Gasteiger partial charge in [-0.3, -0.25) is 4.79 Å². The van der Waals surface area contributed by atoms with Crippen molar-refractivity contribution in [3.8, 4) is 0 Å². The Labute approximate surface area is 117 Å². The summed E-state index contributed by atoms with van der Waals surface area (Å²) in [7, 11) is 3.47. The molecule has 114 valence electrons. The fraction of sp³-hybridized carbons (Fsp3) is 0.929. The Kier molecular flexibility index (Phi) is 8.22. The quantitative estimate of drug-likeness (QED) is 0.559. The topological polar surface area (TPSA) is 73.6 Å². The lowest BCUT2D eigenvalue weighted by Crippen LogP contribution is -2.51. The highest BCUT2D eigenvalue weighted by atomic mass is 16.5. The number of hydrogen-bond acceptors (Lipinski definition) is 4. The van der Waals surface area contributed by atoms with Gasteiger partial charge in [-0.2, -0.15) is 0 Å². The molecule has 19 heavy (non-hydrogen) atoms. The van der Waals surface area contributed by atoms with Crippen LogP contribution in [0.4, 0.5) is 0 Å². The summed E-state index contributed by atoms with van der Waals surface area (Å²) in [4.78, 5) is 11.3. The second kappa shape index (κ2) is 8.51. The van der Waals surface area contributed by atoms with Crippen LogP contribution in [0.25, 0.3) is 0 Å². The summed E-state index contributed by atoms with van der Waals surface area (Å²) in [5, 5.41) is 2.98. The van der Waals surface area contributed by atoms with Crippen molar-refractivity contribution < 1.29 is 14.3 Å². The van der Waals surface area contributed by atoms with Crippen LogP contribution in [0.2, 0.25) is 0 Å². The van der Waals surface area contributed by atoms with Crippen molar-refractivity contribution in [3.05, 3.63) is 0 Å². The number of carbonyl (C=O) groups excluding carboxylic acids is 1. The standard InChI is InChI=1S/C14H30N2O3/c1-13(2,18-5)9-11-19-10-7-6-8-14(3,16-4)12(15)17/h16H,6-11H2,1-5H3,(H2,15,17). The number of primary amides is 1. The Morgan fingerprint density at radius 2 is 1.79 bits per heavy atom. The van der Waals surface area contributed by atoms with Crippen molar-refractivity contribution in [2.75, 3.05) is 27.4 Å². The summed E-state index contributed by atoms with van der Waals surface area (Å²) in [5.41, 5.74) is 4.62. The minimum Gasteiger partial charge on any atom is -0.381 e. The monoisotopic (exact) mass is 274 g/mol. The fourth-order valence-electron chi connectivity index (χ4n) is 1.58. The van der Waals surface area contributed by atoms with Gasteiger partial charge in [0.15, 0.2) is 0 Å². The third kappa shape index (κ3) is 7.50. The molecule has 5 nitrogen and oxygen atoms in total. The van der Waals surface area contributed by atoms with Gasteiger partial charge in [-0.1, -0.05) is 0 Å². The molecule has 1 atom stereocenters. The Balaban J connectivity index is 3.64. The average Bonchev–Trinajstić information content (AvgIpc) is 2.37. The van der Waals surface area contributed by atoms with Gasteiger partial charge in [0.2, 0.25) is 5.91 Å². The van der Waals surface area contributed by atoms with E-state index in [0.29, 0.717) is 13.2 Å². The Hall–Kier alpha value is -0.650. The Morgan fingerprint density at radius 3 is 2.26 bits per heavy atom. The molecule has 5 heteroatoms. The minimum absolute atomic E-state index is 0.128. The lowest BCUT2D eigenvalue weighted by molar-refractivity contribution is -0.123. The predicted molar refractivity (Wildman–Crippen MR) is 77.0 cm³/mol. The lowest BCUT2D eigenvalue weighted by Gasteiger charge is -2.25. The zero-order valence-electron chi connectivity index (χ0n) is 13.0. The average molecular weight is 274 g/mol. The van der Waals surface area contributed by atoms with Gasteiger partial charge in [0.05, 0.1) is 11.1 Å². The van der Waals surface area contributed by atoms with E-state index in [1.165, 1.54) is 0 Å². The maximum absolute atomic E-state index is 11.3. The van der Waals surface area contributed by atoms with Crippen molar-refractivity contribution in [3.63, 3.8) is 0 Å². The first-order chi connectivity index (χ1) is 8.77. The van der Waals surface area contributed by atoms with E-state index in [-0.39, 0.29) is 11.5 Å². The Bertz CT molecular complexity index is 269. The number of hydrogen-bond donors (Lipinski definition) is 2. The maximum atomic E-state index is 11.3. The second-order valence-electron chi connectivity index (χ2n) is 5.73. The minimum atomic E-state index is -0.613. The second-order valence-corrected chi connectivity index (χ2v) is 5.73. The summed E-state index contributed by atoms with van der Waals surface area (Å²) in [6, 6.07) is 0. The highest BCUT2D eigenvalue weighted by Crippen LogP contribution is 2.14. The van der Waals surface area contributed by atoms with Crippen LogP contribution in [0.5, 0.6) is 0 Å². The van der Waals surface area contributed by atoms with Crippen molar-refractivity contribution in [1.82, 2.24) is 5.32 Å². The molecule has 0 saturated carbocycles. The molecule has 0 aromatic carbocycles. The summed E-state index contributed by atoms with van der Waals surface area (Å²) in [5.74, 6) is -0.308. The molecule has 0 bridgehead atoms. The van der Waals surface area contributed by atoms with Crippen LogP contribution in [0.3, 0.4) is 0 Å². The number of carbonyl (C=O) groups is 1. The van der Waals surface area contributed by atoms with Crippen molar-refractivity contribution in [2.24, 2.45) is 5.73 Å². The maximum Gasteiger partial charge on any atom is 0.237 e. The SMILES string of the molecule is CNC(C)(CCCCOCCC(C)(C)OC)C(N)=O. The van der Waals surface area contributed by atoms with E-state index in [9.17, 15) is 4.79 Å². The van der Waals surface area contributed by atoms with Crippen LogP contribution in [-0.2, 0) is 14.3 Å². The number of methoxy groups -OCH3 is 1. The first-order valence-electron chi connectivity index (χ1n) is 6.89. The van der Waals surface area contributed by atoms with Crippen molar-refractivity contribution in [1.29, 1.82) is 0 Å². The molecule has 3 N–H and O–H groups in total. The molecule has 1 unspecified atom stereocenters. The predicted octanol–water partition coefficient (Wildman–Crippen LogP) is 1.45. The summed E-state index contributed by atoms with van der Waals surface area (Å²) < 4.78 is 10.9. The molecular formula is C14H30N2O3. The number of unbranched alkanes of at least 4 members (excludes halogenated alkanes) is 1. The van der Waals surface area contributed by atoms with E-state index in [0.717, 1.165) is 25.7 Å². The van der Waals surface area contributed by atoms with Crippen molar-refractivity contribution in [2.45, 2.75) is 57.6 Å². The molecule has 0 saturated heterocycles. The molecular weight excluding hydrogens is 244 g/mol. The first-order valence-corrected chi connectivity index (χ1v) is 6.89. The van der Waals surface area contributed by atoms with E-state index in [1.54, 1.807) is 14.2 Å². The van der Waals surface area contributed by atoms with Crippen LogP contribution in [0, 0.1) is 0 Å². The zero-order valence-corrected chi connectivity index (χ0v) is 13.0. The summed E-state index contributed by atoms with van der Waals surface area (Å²) in [6.45, 7) is 7.32. The molecule has 1 amide bonds. The summed E-state index contributed by atoms with van der Waals surface area (Å²) in [6.07, 6.45) is 3.44. The zero-order chi connectivity index (χ0) is 14.9. The van der Waals surface area contributed by atoms with E-state index >= 15 is 0 Å². The van der Waals surface area contributed by atoms with Gasteiger partial charge in [-0.25, -0.2) is 0 Å². The number of rotatable bonds is 11. The largest absolute Gasteiger partial charge is 0.381 e. The molecule has 0 fully saturated rings. The van der Waals surface area contributed by atoms with Crippen LogP contribution in [0.15, 0.2) is 0 Å². The lowest BCUT2D eigenvalue weighted by atomic mass is 9.94. The fourth-order valence-corrected chi connectivity index (χ4v) is 1.58. The van der Waals surface area contributed by atoms with E-state index in [1.807, 2.05) is 20.8 Å². The molecule has 0 radical (unpaired) electrons. The van der Waals surface area contributed by atoms with Gasteiger partial charge in [0.1, 0.15) is 0 Å². The molecule has 0 aliphatic carbocycles. The van der Waals surface area contributed by atoms with Gasteiger partial charge >= 0.3 is 0 Å². The van der Waals surface area contributed by atoms with Crippen LogP contribution < -0.4 is 11.1 Å². The van der Waals surface area contributed by atoms with Crippen LogP contribution >= 0.6 is 0 Å². The van der Waals surface area contributed by atoms with E-state index < -0.39 is 5.54 Å². The number of nitrogens with two attached hydrogens (primary N) is 1. The number of nitrogens with one attached hydrogen (secondary N) is 1. The van der Waals surface area contributed by atoms with Crippen molar-refractivity contribution >= 4 is 5.91 Å². The highest BCUT2D eigenvalue weighted by molar-refractivity contribution is 5.84. The molecule has 0 aromatic rings. The third-order valence-electron chi connectivity index (χ3n) is 3.71. The van der Waals surface area contributed by atoms with Gasteiger partial charge in [-0.05, 0) is 53.5 Å². The van der Waals surface area contributed by atoms with Gasteiger partial charge < -0.3 is 20.5 Å². The van der Waals surface area contributed by atoms with Gasteiger partial charge in [0, 0.05) is 20.3 Å². The number of ether oxygens (including phenoxy) is 2. The normalized spacial score (nSPS) is 15.2. The highest BCUT2D eigenvalue weighted by Gasteiger charge is 2.27. The summed E-state index contributed by atoms with van der Waals surface area (Å²) >= 11 is 0. The van der Waals surface area contributed by atoms with E-state index in [2.05, 4.69) is 5.32 Å². The van der Waals surface area contributed by atoms with Gasteiger partial charge in [0.25, 0.3) is 0 Å². The van der Waals surface area contributed by atoms with E-state index in [4.69, 9.17) is 15.2 Å². The number of likely N-dealkylation sites (N-methyl/N-ethyl adjacent to an activating group) is 1. The molecule has 0 aliphatic heterocycles. The molecule has 0 heterocycles. The third-order valence-corrected chi connectivity index (χ3v) is 3.71. The molecule has 0 rings (SSSR count). The number of amides is 1. The first kappa shape index (κ1) is 18.4.